The van der Waals surface area contributed by atoms with E-state index in [0.717, 1.165) is 5.56 Å². The number of carbonyl (C=O) groups excluding carboxylic acids is 2. The van der Waals surface area contributed by atoms with Crippen LogP contribution in [0.2, 0.25) is 0 Å². The normalized spacial score (nSPS) is 16.0. The number of halogens is 1. The zero-order valence-electron chi connectivity index (χ0n) is 16.9. The molecule has 7 nitrogen and oxygen atoms in total. The largest absolute Gasteiger partial charge is 0.474 e. The monoisotopic (exact) mass is 401 g/mol. The molecule has 2 amide bonds. The second kappa shape index (κ2) is 7.69. The zero-order valence-corrected chi connectivity index (χ0v) is 16.9. The van der Waals surface area contributed by atoms with Crippen molar-refractivity contribution in [1.82, 2.24) is 4.98 Å². The number of fused-ring (bicyclic) bond motifs is 1. The molecule has 0 bridgehead atoms. The fourth-order valence-electron chi connectivity index (χ4n) is 3.08. The van der Waals surface area contributed by atoms with Gasteiger partial charge in [-0.1, -0.05) is 12.1 Å². The molecule has 0 unspecified atom stereocenters. The van der Waals surface area contributed by atoms with Crippen molar-refractivity contribution in [3.05, 3.63) is 53.0 Å². The van der Waals surface area contributed by atoms with Crippen LogP contribution in [0.15, 0.2) is 30.3 Å². The third-order valence-corrected chi connectivity index (χ3v) is 4.34. The molecule has 0 aliphatic carbocycles. The van der Waals surface area contributed by atoms with Gasteiger partial charge in [-0.15, -0.1) is 0 Å². The molecule has 2 heterocycles. The number of hydrogen-bond donors (Lipinski definition) is 1. The molecule has 2 aromatic rings. The van der Waals surface area contributed by atoms with Crippen LogP contribution >= 0.6 is 0 Å². The summed E-state index contributed by atoms with van der Waals surface area (Å²) in [6.07, 6.45) is -0.244. The lowest BCUT2D eigenvalue weighted by molar-refractivity contribution is 0.0546. The quantitative estimate of drug-likeness (QED) is 0.850. The van der Waals surface area contributed by atoms with Crippen LogP contribution in [-0.4, -0.2) is 35.2 Å². The lowest BCUT2D eigenvalue weighted by Gasteiger charge is -2.35. The number of carbonyl (C=O) groups is 2. The van der Waals surface area contributed by atoms with Crippen LogP contribution in [0.1, 0.15) is 49.3 Å². The summed E-state index contributed by atoms with van der Waals surface area (Å²) < 4.78 is 24.4. The number of anilines is 1. The van der Waals surface area contributed by atoms with Gasteiger partial charge in [0.1, 0.15) is 29.4 Å². The molecule has 0 fully saturated rings. The van der Waals surface area contributed by atoms with Crippen LogP contribution in [0.25, 0.3) is 0 Å². The topological polar surface area (TPSA) is 94.8 Å². The molecule has 0 saturated heterocycles. The second-order valence-corrected chi connectivity index (χ2v) is 8.00. The number of primary amides is 1. The summed E-state index contributed by atoms with van der Waals surface area (Å²) in [5.74, 6) is -0.924. The highest BCUT2D eigenvalue weighted by molar-refractivity contribution is 5.95. The number of pyridine rings is 1. The first-order valence-corrected chi connectivity index (χ1v) is 9.28. The van der Waals surface area contributed by atoms with Crippen LogP contribution in [0.4, 0.5) is 14.9 Å². The number of nitrogens with zero attached hydrogens (tertiary/aromatic N) is 2. The summed E-state index contributed by atoms with van der Waals surface area (Å²) in [5.41, 5.74) is 6.56. The third-order valence-electron chi connectivity index (χ3n) is 4.34. The maximum atomic E-state index is 13.2. The van der Waals surface area contributed by atoms with E-state index >= 15 is 0 Å². The first-order chi connectivity index (χ1) is 13.5. The molecule has 0 saturated carbocycles. The van der Waals surface area contributed by atoms with E-state index < -0.39 is 17.6 Å². The predicted molar refractivity (Wildman–Crippen MR) is 106 cm³/mol. The summed E-state index contributed by atoms with van der Waals surface area (Å²) in [4.78, 5) is 30.5. The van der Waals surface area contributed by atoms with E-state index in [2.05, 4.69) is 4.98 Å². The van der Waals surface area contributed by atoms with Gasteiger partial charge >= 0.3 is 6.09 Å². The van der Waals surface area contributed by atoms with Crippen molar-refractivity contribution in [3.63, 3.8) is 0 Å². The summed E-state index contributed by atoms with van der Waals surface area (Å²) >= 11 is 0. The van der Waals surface area contributed by atoms with Crippen LogP contribution in [0, 0.1) is 5.82 Å². The molecule has 1 aromatic carbocycles. The predicted octanol–water partition coefficient (Wildman–Crippen LogP) is 3.43. The molecule has 1 aromatic heterocycles. The second-order valence-electron chi connectivity index (χ2n) is 8.00. The Labute approximate surface area is 168 Å². The smallest absolute Gasteiger partial charge is 0.415 e. The fraction of sp³-hybridized carbons (Fsp3) is 0.381. The Morgan fingerprint density at radius 3 is 2.55 bits per heavy atom. The van der Waals surface area contributed by atoms with E-state index in [-0.39, 0.29) is 36.5 Å². The minimum atomic E-state index is -0.712. The number of amides is 2. The summed E-state index contributed by atoms with van der Waals surface area (Å²) in [5, 5.41) is 0. The average molecular weight is 401 g/mol. The summed E-state index contributed by atoms with van der Waals surface area (Å²) in [6.45, 7) is 7.38. The molecule has 154 valence electrons. The van der Waals surface area contributed by atoms with E-state index in [1.165, 1.54) is 17.0 Å². The summed E-state index contributed by atoms with van der Waals surface area (Å²) in [6, 6.07) is 7.27. The SMILES string of the molecule is C[C@H]1COc2nc(C(N)=O)c(Cc3ccc(F)cc3)cc2N1C(=O)OC(C)(C)C. The molecule has 2 N–H and O–H groups in total. The van der Waals surface area contributed by atoms with Crippen LogP contribution in [-0.2, 0) is 11.2 Å². The highest BCUT2D eigenvalue weighted by Gasteiger charge is 2.35. The number of rotatable bonds is 3. The standard InChI is InChI=1S/C21H24FN3O4/c1-12-11-28-19-16(25(12)20(27)29-21(2,3)4)10-14(17(24-19)18(23)26)9-13-5-7-15(22)8-6-13/h5-8,10,12H,9,11H2,1-4H3,(H2,23,26)/t12-/m0/s1. The number of hydrogen-bond acceptors (Lipinski definition) is 5. The molecular formula is C21H24FN3O4. The van der Waals surface area contributed by atoms with Gasteiger partial charge in [-0.2, -0.15) is 0 Å². The van der Waals surface area contributed by atoms with E-state index in [1.54, 1.807) is 39.0 Å². The highest BCUT2D eigenvalue weighted by Crippen LogP contribution is 2.35. The van der Waals surface area contributed by atoms with Crippen LogP contribution in [0.5, 0.6) is 5.88 Å². The minimum Gasteiger partial charge on any atom is -0.474 e. The first kappa shape index (κ1) is 20.6. The lowest BCUT2D eigenvalue weighted by atomic mass is 10.0. The van der Waals surface area contributed by atoms with Crippen molar-refractivity contribution in [2.75, 3.05) is 11.5 Å². The molecule has 0 spiro atoms. The van der Waals surface area contributed by atoms with Gasteiger partial charge in [-0.05, 0) is 63.4 Å². The molecular weight excluding hydrogens is 377 g/mol. The maximum Gasteiger partial charge on any atom is 0.415 e. The van der Waals surface area contributed by atoms with E-state index in [1.807, 2.05) is 6.92 Å². The first-order valence-electron chi connectivity index (χ1n) is 9.28. The van der Waals surface area contributed by atoms with Gasteiger partial charge in [0.15, 0.2) is 0 Å². The Morgan fingerprint density at radius 2 is 1.97 bits per heavy atom. The van der Waals surface area contributed by atoms with Crippen LogP contribution < -0.4 is 15.4 Å². The Balaban J connectivity index is 2.05. The highest BCUT2D eigenvalue weighted by atomic mass is 19.1. The number of nitrogens with two attached hydrogens (primary N) is 1. The fourth-order valence-corrected chi connectivity index (χ4v) is 3.08. The van der Waals surface area contributed by atoms with Crippen molar-refractivity contribution in [2.45, 2.75) is 45.8 Å². The summed E-state index contributed by atoms with van der Waals surface area (Å²) in [7, 11) is 0. The number of ether oxygens (including phenoxy) is 2. The lowest BCUT2D eigenvalue weighted by Crippen LogP contribution is -2.47. The Kier molecular flexibility index (Phi) is 5.46. The van der Waals surface area contributed by atoms with Crippen molar-refractivity contribution in [2.24, 2.45) is 5.73 Å². The molecule has 8 heteroatoms. The maximum absolute atomic E-state index is 13.2. The van der Waals surface area contributed by atoms with Gasteiger partial charge in [-0.25, -0.2) is 14.2 Å². The van der Waals surface area contributed by atoms with Gasteiger partial charge in [0.2, 0.25) is 5.88 Å². The van der Waals surface area contributed by atoms with Crippen molar-refractivity contribution < 1.29 is 23.5 Å². The Hall–Kier alpha value is -3.16. The molecule has 1 aliphatic heterocycles. The number of benzene rings is 1. The number of aromatic nitrogens is 1. The van der Waals surface area contributed by atoms with Gasteiger partial charge in [0.05, 0.1) is 6.04 Å². The zero-order chi connectivity index (χ0) is 21.3. The van der Waals surface area contributed by atoms with E-state index in [9.17, 15) is 14.0 Å². The molecule has 1 atom stereocenters. The van der Waals surface area contributed by atoms with Crippen molar-refractivity contribution in [3.8, 4) is 5.88 Å². The minimum absolute atomic E-state index is 0.0479. The average Bonchev–Trinajstić information content (AvgIpc) is 2.61. The molecule has 29 heavy (non-hydrogen) atoms. The van der Waals surface area contributed by atoms with Crippen molar-refractivity contribution in [1.29, 1.82) is 0 Å². The molecule has 1 aliphatic rings. The molecule has 0 radical (unpaired) electrons. The van der Waals surface area contributed by atoms with Crippen molar-refractivity contribution >= 4 is 17.7 Å². The van der Waals surface area contributed by atoms with Gasteiger partial charge in [-0.3, -0.25) is 9.69 Å². The van der Waals surface area contributed by atoms with E-state index in [0.29, 0.717) is 11.3 Å². The van der Waals surface area contributed by atoms with Gasteiger partial charge in [0, 0.05) is 0 Å². The Bertz CT molecular complexity index is 938. The molecule has 3 rings (SSSR count). The Morgan fingerprint density at radius 1 is 1.31 bits per heavy atom. The van der Waals surface area contributed by atoms with Gasteiger partial charge < -0.3 is 15.2 Å². The van der Waals surface area contributed by atoms with E-state index in [4.69, 9.17) is 15.2 Å². The van der Waals surface area contributed by atoms with Gasteiger partial charge in [0.25, 0.3) is 5.91 Å². The van der Waals surface area contributed by atoms with Crippen LogP contribution in [0.3, 0.4) is 0 Å². The third kappa shape index (κ3) is 4.64.